The van der Waals surface area contributed by atoms with Gasteiger partial charge in [0.15, 0.2) is 18.0 Å². The molecular formula is C41H43N4O2S+. The molecule has 0 N–H and O–H groups in total. The maximum atomic E-state index is 14.8. The van der Waals surface area contributed by atoms with Gasteiger partial charge >= 0.3 is 0 Å². The van der Waals surface area contributed by atoms with Gasteiger partial charge in [0.2, 0.25) is 9.84 Å². The number of fused-ring (bicyclic) bond motifs is 3. The minimum absolute atomic E-state index is 0.0639. The Morgan fingerprint density at radius 1 is 0.729 bits per heavy atom. The second-order valence-electron chi connectivity index (χ2n) is 16.0. The number of benzene rings is 4. The zero-order valence-electron chi connectivity index (χ0n) is 29.0. The number of pyridine rings is 1. The predicted molar refractivity (Wildman–Crippen MR) is 197 cm³/mol. The van der Waals surface area contributed by atoms with Crippen molar-refractivity contribution in [1.82, 2.24) is 18.5 Å². The van der Waals surface area contributed by atoms with Gasteiger partial charge in [0.05, 0.1) is 34.5 Å². The summed E-state index contributed by atoms with van der Waals surface area (Å²) in [7, 11) is -1.68. The Morgan fingerprint density at radius 3 is 2.17 bits per heavy atom. The lowest BCUT2D eigenvalue weighted by molar-refractivity contribution is 0.157. The molecule has 0 radical (unpaired) electrons. The first-order valence-corrected chi connectivity index (χ1v) is 18.1. The molecule has 2 aromatic heterocycles. The van der Waals surface area contributed by atoms with Crippen molar-refractivity contribution in [2.45, 2.75) is 69.1 Å². The number of hydrogen-bond donors (Lipinski definition) is 0. The summed E-state index contributed by atoms with van der Waals surface area (Å²) in [4.78, 5) is 5.38. The number of rotatable bonds is 4. The van der Waals surface area contributed by atoms with E-state index in [2.05, 4.69) is 115 Å². The van der Waals surface area contributed by atoms with Crippen LogP contribution in [0.1, 0.15) is 58.2 Å². The first kappa shape index (κ1) is 31.0. The molecule has 2 bridgehead atoms. The van der Waals surface area contributed by atoms with Gasteiger partial charge in [-0.1, -0.05) is 71.9 Å². The van der Waals surface area contributed by atoms with Crippen molar-refractivity contribution in [3.63, 3.8) is 0 Å². The van der Waals surface area contributed by atoms with Gasteiger partial charge in [-0.15, -0.1) is 0 Å². The van der Waals surface area contributed by atoms with E-state index in [0.717, 1.165) is 55.6 Å². The highest BCUT2D eigenvalue weighted by atomic mass is 32.2. The molecule has 3 aliphatic rings. The highest BCUT2D eigenvalue weighted by Crippen LogP contribution is 2.61. The fraction of sp³-hybridized carbons (Fsp3) is 0.268. The summed E-state index contributed by atoms with van der Waals surface area (Å²) >= 11 is 0. The summed E-state index contributed by atoms with van der Waals surface area (Å²) in [5, 5.41) is 2.05. The zero-order chi connectivity index (χ0) is 34.0. The van der Waals surface area contributed by atoms with E-state index >= 15 is 0 Å². The van der Waals surface area contributed by atoms with Crippen LogP contribution < -0.4 is 8.97 Å². The fourth-order valence-electron chi connectivity index (χ4n) is 7.73. The van der Waals surface area contributed by atoms with Crippen molar-refractivity contribution in [1.29, 1.82) is 0 Å². The Kier molecular flexibility index (Phi) is 6.38. The fourth-order valence-corrected chi connectivity index (χ4v) is 9.07. The molecule has 0 aliphatic carbocycles. The number of sulfone groups is 1. The van der Waals surface area contributed by atoms with E-state index in [-0.39, 0.29) is 15.7 Å². The van der Waals surface area contributed by atoms with E-state index in [1.807, 2.05) is 42.6 Å². The molecular weight excluding hydrogens is 613 g/mol. The van der Waals surface area contributed by atoms with Gasteiger partial charge in [-0.25, -0.2) is 13.4 Å². The molecule has 2 atom stereocenters. The molecule has 6 nitrogen and oxygen atoms in total. The van der Waals surface area contributed by atoms with E-state index in [1.165, 1.54) is 16.9 Å². The smallest absolute Gasteiger partial charge is 0.206 e. The normalized spacial score (nSPS) is 20.7. The number of para-hydroxylation sites is 1. The Hall–Kier alpha value is -4.30. The van der Waals surface area contributed by atoms with Crippen LogP contribution >= 0.6 is 0 Å². The van der Waals surface area contributed by atoms with Crippen LogP contribution in [0, 0.1) is 13.6 Å². The van der Waals surface area contributed by atoms with Crippen molar-refractivity contribution in [2.24, 2.45) is 0 Å². The molecule has 244 valence electrons. The first-order valence-electron chi connectivity index (χ1n) is 16.6. The quantitative estimate of drug-likeness (QED) is 0.140. The molecule has 1 saturated heterocycles. The van der Waals surface area contributed by atoms with Crippen LogP contribution in [0.2, 0.25) is 0 Å². The molecule has 6 aromatic rings. The van der Waals surface area contributed by atoms with Gasteiger partial charge in [-0.2, -0.15) is 0 Å². The predicted octanol–water partition coefficient (Wildman–Crippen LogP) is 9.60. The minimum atomic E-state index is -3.90. The minimum Gasteiger partial charge on any atom is -0.325 e. The molecule has 48 heavy (non-hydrogen) atoms. The highest BCUT2D eigenvalue weighted by molar-refractivity contribution is 7.91. The van der Waals surface area contributed by atoms with Crippen LogP contribution in [0.15, 0.2) is 107 Å². The van der Waals surface area contributed by atoms with E-state index in [0.29, 0.717) is 9.38 Å². The Labute approximate surface area is 284 Å². The van der Waals surface area contributed by atoms with Crippen LogP contribution in [-0.4, -0.2) is 31.7 Å². The second-order valence-corrected chi connectivity index (χ2v) is 18.0. The van der Waals surface area contributed by atoms with Crippen molar-refractivity contribution in [2.75, 3.05) is 13.7 Å². The van der Waals surface area contributed by atoms with Gasteiger partial charge in [-0.3, -0.25) is 9.05 Å². The molecule has 3 aliphatic heterocycles. The molecule has 5 heterocycles. The average molecular weight is 656 g/mol. The molecule has 0 amide bonds. The lowest BCUT2D eigenvalue weighted by Gasteiger charge is -2.55. The number of aryl methyl sites for hydroxylation is 1. The van der Waals surface area contributed by atoms with Crippen LogP contribution in [0.4, 0.5) is 17.1 Å². The van der Waals surface area contributed by atoms with Crippen molar-refractivity contribution >= 4 is 48.7 Å². The summed E-state index contributed by atoms with van der Waals surface area (Å²) < 4.78 is 33.0. The molecule has 7 heteroatoms. The lowest BCUT2D eigenvalue weighted by atomic mass is 9.86. The molecule has 9 rings (SSSR count). The van der Waals surface area contributed by atoms with Gasteiger partial charge in [-0.05, 0) is 70.8 Å². The van der Waals surface area contributed by atoms with Gasteiger partial charge < -0.3 is 4.48 Å². The monoisotopic (exact) mass is 655 g/mol. The number of quaternary nitrogens is 2. The van der Waals surface area contributed by atoms with E-state index < -0.39 is 9.84 Å². The summed E-state index contributed by atoms with van der Waals surface area (Å²) in [5.74, 6) is 0.772. The Bertz CT molecular complexity index is 2420. The third-order valence-electron chi connectivity index (χ3n) is 10.4. The molecule has 4 aromatic carbocycles. The zero-order valence-corrected chi connectivity index (χ0v) is 29.9. The van der Waals surface area contributed by atoms with E-state index in [4.69, 9.17) is 4.98 Å². The average Bonchev–Trinajstić information content (AvgIpc) is 3.58. The Balaban J connectivity index is 1.32. The summed E-state index contributed by atoms with van der Waals surface area (Å²) in [6.07, 6.45) is 1.85. The number of aromatic nitrogens is 2. The summed E-state index contributed by atoms with van der Waals surface area (Å²) in [6, 6.07) is 30.6. The maximum absolute atomic E-state index is 14.8. The van der Waals surface area contributed by atoms with Gasteiger partial charge in [0.1, 0.15) is 11.5 Å². The third-order valence-corrected chi connectivity index (χ3v) is 12.1. The highest BCUT2D eigenvalue weighted by Gasteiger charge is 2.59. The van der Waals surface area contributed by atoms with E-state index in [1.54, 1.807) is 6.07 Å². The van der Waals surface area contributed by atoms with E-state index in [9.17, 15) is 8.42 Å². The summed E-state index contributed by atoms with van der Waals surface area (Å²) in [6.45, 7) is 18.3. The first-order chi connectivity index (χ1) is 22.5. The van der Waals surface area contributed by atoms with Crippen LogP contribution in [0.5, 0.6) is 0 Å². The SMILES string of the molecule is Cc1ccc2c(c1)[N@@+]1(C)[CH-][N@+]2(c2cc(C(C)(C)C)cc(S(=O)(=O)c3ccc4c5ccccc5n(-c5cc(C(C)(C)C)ccn5)c4c3)c2)C1. The largest absolute Gasteiger partial charge is 0.325 e. The van der Waals surface area contributed by atoms with Crippen LogP contribution in [0.3, 0.4) is 0 Å². The van der Waals surface area contributed by atoms with Crippen LogP contribution in [-0.2, 0) is 20.7 Å². The lowest BCUT2D eigenvalue weighted by Crippen LogP contribution is -2.68. The number of hydrogen-bond acceptors (Lipinski definition) is 3. The molecule has 1 fully saturated rings. The standard InChI is InChI=1S/C41H43N4O2S/c1-27-13-16-37-38(19-27)44(8)25-45(37,26-44)30-20-29(41(5,6)7)21-32(23-30)48(46,47)31-14-15-34-33-11-9-10-12-35(33)43(36(34)24-31)39-22-28(17-18-42-39)40(2,3)4/h9-25H,26H2,1-8H3/q+1/t44-,45+/m0/s1. The topological polar surface area (TPSA) is 52.0 Å². The van der Waals surface area contributed by atoms with Crippen molar-refractivity contribution in [3.05, 3.63) is 121 Å². The van der Waals surface area contributed by atoms with Crippen LogP contribution in [0.25, 0.3) is 27.6 Å². The third kappa shape index (κ3) is 4.44. The van der Waals surface area contributed by atoms with Crippen molar-refractivity contribution in [3.8, 4) is 5.82 Å². The maximum Gasteiger partial charge on any atom is 0.206 e. The molecule has 0 spiro atoms. The van der Waals surface area contributed by atoms with Gasteiger partial charge in [0.25, 0.3) is 0 Å². The Morgan fingerprint density at radius 2 is 1.44 bits per heavy atom. The summed E-state index contributed by atoms with van der Waals surface area (Å²) in [5.41, 5.74) is 8.37. The van der Waals surface area contributed by atoms with Gasteiger partial charge in [0, 0.05) is 41.2 Å². The molecule has 0 saturated carbocycles. The number of nitrogens with zero attached hydrogens (tertiary/aromatic N) is 4. The van der Waals surface area contributed by atoms with Crippen molar-refractivity contribution < 1.29 is 8.42 Å². The second kappa shape index (κ2) is 9.88. The molecule has 0 unspecified atom stereocenters.